The van der Waals surface area contributed by atoms with Crippen LogP contribution in [0.4, 0.5) is 0 Å². The lowest BCUT2D eigenvalue weighted by molar-refractivity contribution is 0.302. The molecule has 1 aromatic carbocycles. The molecule has 17 heavy (non-hydrogen) atoms. The van der Waals surface area contributed by atoms with Gasteiger partial charge in [-0.1, -0.05) is 31.4 Å². The van der Waals surface area contributed by atoms with Crippen molar-refractivity contribution in [2.75, 3.05) is 0 Å². The van der Waals surface area contributed by atoms with Crippen molar-refractivity contribution in [2.45, 2.75) is 37.6 Å². The maximum absolute atomic E-state index is 6.54. The molecule has 1 aliphatic carbocycles. The summed E-state index contributed by atoms with van der Waals surface area (Å²) in [5, 5.41) is 10.1. The highest BCUT2D eigenvalue weighted by atomic mass is 15.1. The monoisotopic (exact) mass is 227 g/mol. The zero-order chi connectivity index (χ0) is 11.7. The fourth-order valence-corrected chi connectivity index (χ4v) is 2.78. The van der Waals surface area contributed by atoms with Crippen LogP contribution in [-0.2, 0) is 5.54 Å². The van der Waals surface area contributed by atoms with Crippen molar-refractivity contribution in [2.24, 2.45) is 5.73 Å². The SMILES string of the molecule is NC1(c2ccc3cnncc3c2)CCCCC1. The zero-order valence-electron chi connectivity index (χ0n) is 9.89. The van der Waals surface area contributed by atoms with E-state index in [1.165, 1.54) is 24.8 Å². The van der Waals surface area contributed by atoms with E-state index in [4.69, 9.17) is 5.73 Å². The molecule has 1 saturated carbocycles. The van der Waals surface area contributed by atoms with Gasteiger partial charge in [-0.15, -0.1) is 0 Å². The molecule has 0 atom stereocenters. The molecule has 0 bridgehead atoms. The molecule has 0 spiro atoms. The van der Waals surface area contributed by atoms with Crippen LogP contribution in [0.15, 0.2) is 30.6 Å². The third-order valence-electron chi connectivity index (χ3n) is 3.87. The maximum Gasteiger partial charge on any atom is 0.0574 e. The van der Waals surface area contributed by atoms with Crippen LogP contribution in [0.25, 0.3) is 10.8 Å². The first-order valence-corrected chi connectivity index (χ1v) is 6.28. The number of rotatable bonds is 1. The van der Waals surface area contributed by atoms with E-state index in [-0.39, 0.29) is 5.54 Å². The number of nitrogens with two attached hydrogens (primary N) is 1. The molecule has 0 unspecified atom stereocenters. The summed E-state index contributed by atoms with van der Waals surface area (Å²) >= 11 is 0. The fraction of sp³-hybridized carbons (Fsp3) is 0.429. The number of hydrogen-bond acceptors (Lipinski definition) is 3. The molecule has 3 heteroatoms. The summed E-state index contributed by atoms with van der Waals surface area (Å²) in [7, 11) is 0. The van der Waals surface area contributed by atoms with Gasteiger partial charge >= 0.3 is 0 Å². The quantitative estimate of drug-likeness (QED) is 0.815. The Bertz CT molecular complexity index is 530. The van der Waals surface area contributed by atoms with Gasteiger partial charge in [0.25, 0.3) is 0 Å². The third kappa shape index (κ3) is 1.91. The van der Waals surface area contributed by atoms with Gasteiger partial charge in [0, 0.05) is 16.3 Å². The second-order valence-corrected chi connectivity index (χ2v) is 5.05. The lowest BCUT2D eigenvalue weighted by Gasteiger charge is -2.34. The summed E-state index contributed by atoms with van der Waals surface area (Å²) in [6.45, 7) is 0. The first-order valence-electron chi connectivity index (χ1n) is 6.28. The van der Waals surface area contributed by atoms with Crippen molar-refractivity contribution in [3.8, 4) is 0 Å². The van der Waals surface area contributed by atoms with Gasteiger partial charge in [-0.25, -0.2) is 0 Å². The normalized spacial score (nSPS) is 19.4. The fourth-order valence-electron chi connectivity index (χ4n) is 2.78. The van der Waals surface area contributed by atoms with E-state index in [2.05, 4.69) is 28.4 Å². The van der Waals surface area contributed by atoms with Crippen molar-refractivity contribution in [1.29, 1.82) is 0 Å². The minimum Gasteiger partial charge on any atom is -0.321 e. The molecule has 3 nitrogen and oxygen atoms in total. The number of fused-ring (bicyclic) bond motifs is 1. The van der Waals surface area contributed by atoms with E-state index in [0.29, 0.717) is 0 Å². The molecule has 2 N–H and O–H groups in total. The van der Waals surface area contributed by atoms with E-state index in [0.717, 1.165) is 23.6 Å². The van der Waals surface area contributed by atoms with E-state index in [9.17, 15) is 0 Å². The average Bonchev–Trinajstić information content (AvgIpc) is 2.39. The minimum atomic E-state index is -0.129. The van der Waals surface area contributed by atoms with Crippen molar-refractivity contribution >= 4 is 10.8 Å². The summed E-state index contributed by atoms with van der Waals surface area (Å²) < 4.78 is 0. The summed E-state index contributed by atoms with van der Waals surface area (Å²) in [4.78, 5) is 0. The lowest BCUT2D eigenvalue weighted by atomic mass is 9.77. The number of hydrogen-bond donors (Lipinski definition) is 1. The van der Waals surface area contributed by atoms with Crippen LogP contribution in [-0.4, -0.2) is 10.2 Å². The first-order chi connectivity index (χ1) is 8.28. The van der Waals surface area contributed by atoms with E-state index >= 15 is 0 Å². The Kier molecular flexibility index (Phi) is 2.56. The molecule has 0 saturated heterocycles. The van der Waals surface area contributed by atoms with Crippen LogP contribution >= 0.6 is 0 Å². The smallest absolute Gasteiger partial charge is 0.0574 e. The predicted molar refractivity (Wildman–Crippen MR) is 68.5 cm³/mol. The Morgan fingerprint density at radius 3 is 2.41 bits per heavy atom. The summed E-state index contributed by atoms with van der Waals surface area (Å²) in [6, 6.07) is 6.42. The molecule has 0 amide bonds. The van der Waals surface area contributed by atoms with Gasteiger partial charge in [0.2, 0.25) is 0 Å². The van der Waals surface area contributed by atoms with Crippen LogP contribution in [0.2, 0.25) is 0 Å². The highest BCUT2D eigenvalue weighted by molar-refractivity contribution is 5.81. The van der Waals surface area contributed by atoms with Gasteiger partial charge < -0.3 is 5.73 Å². The lowest BCUT2D eigenvalue weighted by Crippen LogP contribution is -2.38. The molecule has 1 aliphatic rings. The summed E-state index contributed by atoms with van der Waals surface area (Å²) in [5.41, 5.74) is 7.65. The van der Waals surface area contributed by atoms with E-state index in [1.807, 2.05) is 6.20 Å². The summed E-state index contributed by atoms with van der Waals surface area (Å²) in [5.74, 6) is 0. The largest absolute Gasteiger partial charge is 0.321 e. The number of nitrogens with zero attached hydrogens (tertiary/aromatic N) is 2. The van der Waals surface area contributed by atoms with Crippen molar-refractivity contribution in [3.05, 3.63) is 36.2 Å². The highest BCUT2D eigenvalue weighted by Gasteiger charge is 2.29. The van der Waals surface area contributed by atoms with Crippen LogP contribution in [0.3, 0.4) is 0 Å². The van der Waals surface area contributed by atoms with Gasteiger partial charge in [0.15, 0.2) is 0 Å². The van der Waals surface area contributed by atoms with Gasteiger partial charge in [0.1, 0.15) is 0 Å². The minimum absolute atomic E-state index is 0.129. The number of benzene rings is 1. The Balaban J connectivity index is 2.05. The van der Waals surface area contributed by atoms with Crippen LogP contribution in [0.1, 0.15) is 37.7 Å². The maximum atomic E-state index is 6.54. The molecule has 1 heterocycles. The van der Waals surface area contributed by atoms with Crippen molar-refractivity contribution in [3.63, 3.8) is 0 Å². The molecule has 2 aromatic rings. The van der Waals surface area contributed by atoms with Gasteiger partial charge in [-0.05, 0) is 24.5 Å². The molecule has 3 rings (SSSR count). The molecular weight excluding hydrogens is 210 g/mol. The average molecular weight is 227 g/mol. The van der Waals surface area contributed by atoms with Crippen molar-refractivity contribution in [1.82, 2.24) is 10.2 Å². The molecule has 0 radical (unpaired) electrons. The van der Waals surface area contributed by atoms with Gasteiger partial charge in [-0.3, -0.25) is 0 Å². The Hall–Kier alpha value is -1.48. The van der Waals surface area contributed by atoms with Crippen LogP contribution in [0.5, 0.6) is 0 Å². The standard InChI is InChI=1S/C14H17N3/c15-14(6-2-1-3-7-14)13-5-4-11-9-16-17-10-12(11)8-13/h4-5,8-10H,1-3,6-7,15H2. The molecule has 0 aliphatic heterocycles. The highest BCUT2D eigenvalue weighted by Crippen LogP contribution is 2.35. The molecule has 1 fully saturated rings. The van der Waals surface area contributed by atoms with Crippen LogP contribution in [0, 0.1) is 0 Å². The zero-order valence-corrected chi connectivity index (χ0v) is 9.89. The van der Waals surface area contributed by atoms with E-state index < -0.39 is 0 Å². The van der Waals surface area contributed by atoms with Gasteiger partial charge in [0.05, 0.1) is 12.4 Å². The van der Waals surface area contributed by atoms with Gasteiger partial charge in [-0.2, -0.15) is 10.2 Å². The Morgan fingerprint density at radius 1 is 0.941 bits per heavy atom. The predicted octanol–water partition coefficient (Wildman–Crippen LogP) is 2.75. The second kappa shape index (κ2) is 4.08. The Labute approximate surface area is 101 Å². The summed E-state index contributed by atoms with van der Waals surface area (Å²) in [6.07, 6.45) is 9.59. The Morgan fingerprint density at radius 2 is 1.65 bits per heavy atom. The van der Waals surface area contributed by atoms with Crippen LogP contribution < -0.4 is 5.73 Å². The molecule has 88 valence electrons. The van der Waals surface area contributed by atoms with E-state index in [1.54, 1.807) is 6.20 Å². The van der Waals surface area contributed by atoms with Crippen molar-refractivity contribution < 1.29 is 0 Å². The first kappa shape index (κ1) is 10.7. The molecule has 1 aromatic heterocycles. The number of aromatic nitrogens is 2. The molecular formula is C14H17N3. The topological polar surface area (TPSA) is 51.8 Å². The second-order valence-electron chi connectivity index (χ2n) is 5.05. The third-order valence-corrected chi connectivity index (χ3v) is 3.87.